The van der Waals surface area contributed by atoms with Crippen LogP contribution in [0.1, 0.15) is 27.3 Å². The number of para-hydroxylation sites is 1. The average Bonchev–Trinajstić information content (AvgIpc) is 3.33. The maximum absolute atomic E-state index is 12.5. The number of benzene rings is 1. The molecule has 0 bridgehead atoms. The van der Waals surface area contributed by atoms with E-state index in [1.807, 2.05) is 6.92 Å². The van der Waals surface area contributed by atoms with Crippen LogP contribution < -0.4 is 10.1 Å². The molecule has 0 saturated heterocycles. The zero-order chi connectivity index (χ0) is 21.0. The van der Waals surface area contributed by atoms with Crippen molar-refractivity contribution in [3.8, 4) is 6.07 Å². The number of rotatable bonds is 6. The zero-order valence-electron chi connectivity index (χ0n) is 15.6. The summed E-state index contributed by atoms with van der Waals surface area (Å²) < 4.78 is 29.2. The average molecular weight is 428 g/mol. The molecule has 3 aromatic rings. The van der Waals surface area contributed by atoms with Gasteiger partial charge in [0.15, 0.2) is 0 Å². The SMILES string of the molecule is Cc1c(/C=N/NC(=O)c2ccccc2NS(=O)(=O)c2cccs2)cc(C#N)n1C. The van der Waals surface area contributed by atoms with Crippen molar-refractivity contribution in [2.45, 2.75) is 11.1 Å². The summed E-state index contributed by atoms with van der Waals surface area (Å²) in [6, 6.07) is 13.1. The molecule has 0 radical (unpaired) electrons. The molecule has 1 aromatic carbocycles. The highest BCUT2D eigenvalue weighted by Crippen LogP contribution is 2.22. The van der Waals surface area contributed by atoms with Crippen molar-refractivity contribution in [2.75, 3.05) is 4.72 Å². The van der Waals surface area contributed by atoms with Gasteiger partial charge in [0, 0.05) is 18.3 Å². The third-order valence-electron chi connectivity index (χ3n) is 4.23. The van der Waals surface area contributed by atoms with Crippen LogP contribution in [0, 0.1) is 18.3 Å². The van der Waals surface area contributed by atoms with E-state index in [-0.39, 0.29) is 15.5 Å². The highest BCUT2D eigenvalue weighted by atomic mass is 32.2. The first-order valence-electron chi connectivity index (χ1n) is 8.38. The fourth-order valence-electron chi connectivity index (χ4n) is 2.56. The van der Waals surface area contributed by atoms with Crippen molar-refractivity contribution < 1.29 is 13.2 Å². The Balaban J connectivity index is 1.78. The third-order valence-corrected chi connectivity index (χ3v) is 7.00. The van der Waals surface area contributed by atoms with Crippen molar-refractivity contribution in [3.05, 3.63) is 70.4 Å². The summed E-state index contributed by atoms with van der Waals surface area (Å²) in [6.45, 7) is 1.83. The molecule has 1 amide bonds. The molecule has 0 saturated carbocycles. The van der Waals surface area contributed by atoms with Crippen LogP contribution in [0.25, 0.3) is 0 Å². The Bertz CT molecular complexity index is 1220. The number of nitrogens with one attached hydrogen (secondary N) is 2. The van der Waals surface area contributed by atoms with Gasteiger partial charge in [-0.25, -0.2) is 13.8 Å². The summed E-state index contributed by atoms with van der Waals surface area (Å²) >= 11 is 1.08. The minimum absolute atomic E-state index is 0.132. The molecule has 0 fully saturated rings. The van der Waals surface area contributed by atoms with Gasteiger partial charge >= 0.3 is 0 Å². The van der Waals surface area contributed by atoms with Gasteiger partial charge in [-0.3, -0.25) is 9.52 Å². The quantitative estimate of drug-likeness (QED) is 0.465. The predicted octanol–water partition coefficient (Wildman–Crippen LogP) is 2.83. The smallest absolute Gasteiger partial charge is 0.273 e. The number of amides is 1. The van der Waals surface area contributed by atoms with Gasteiger partial charge in [0.2, 0.25) is 0 Å². The van der Waals surface area contributed by atoms with E-state index in [9.17, 15) is 13.2 Å². The molecular weight excluding hydrogens is 410 g/mol. The Morgan fingerprint density at radius 3 is 2.69 bits per heavy atom. The van der Waals surface area contributed by atoms with Gasteiger partial charge in [0.1, 0.15) is 16.0 Å². The minimum Gasteiger partial charge on any atom is -0.339 e. The first-order valence-corrected chi connectivity index (χ1v) is 10.7. The van der Waals surface area contributed by atoms with Crippen molar-refractivity contribution in [1.82, 2.24) is 9.99 Å². The molecule has 3 rings (SSSR count). The molecule has 10 heteroatoms. The number of sulfonamides is 1. The van der Waals surface area contributed by atoms with Gasteiger partial charge < -0.3 is 4.57 Å². The number of anilines is 1. The molecule has 2 heterocycles. The maximum Gasteiger partial charge on any atom is 0.273 e. The number of thiophene rings is 1. The van der Waals surface area contributed by atoms with Crippen molar-refractivity contribution in [3.63, 3.8) is 0 Å². The maximum atomic E-state index is 12.5. The zero-order valence-corrected chi connectivity index (χ0v) is 17.2. The molecule has 0 unspecified atom stereocenters. The summed E-state index contributed by atoms with van der Waals surface area (Å²) in [5.41, 5.74) is 4.66. The van der Waals surface area contributed by atoms with Crippen LogP contribution in [0.2, 0.25) is 0 Å². The van der Waals surface area contributed by atoms with E-state index in [4.69, 9.17) is 5.26 Å². The summed E-state index contributed by atoms with van der Waals surface area (Å²) in [7, 11) is -2.02. The summed E-state index contributed by atoms with van der Waals surface area (Å²) in [4.78, 5) is 12.5. The lowest BCUT2D eigenvalue weighted by Crippen LogP contribution is -2.21. The summed E-state index contributed by atoms with van der Waals surface area (Å²) in [6.07, 6.45) is 1.44. The van der Waals surface area contributed by atoms with Gasteiger partial charge in [-0.2, -0.15) is 10.4 Å². The Morgan fingerprint density at radius 2 is 2.03 bits per heavy atom. The first kappa shape index (κ1) is 20.3. The Morgan fingerprint density at radius 1 is 1.28 bits per heavy atom. The lowest BCUT2D eigenvalue weighted by atomic mass is 10.2. The van der Waals surface area contributed by atoms with Crippen LogP contribution in [-0.2, 0) is 17.1 Å². The molecule has 0 aliphatic carbocycles. The number of aromatic nitrogens is 1. The summed E-state index contributed by atoms with van der Waals surface area (Å²) in [5.74, 6) is -0.570. The number of nitrogens with zero attached hydrogens (tertiary/aromatic N) is 3. The monoisotopic (exact) mass is 427 g/mol. The second-order valence-electron chi connectivity index (χ2n) is 6.02. The van der Waals surface area contributed by atoms with Crippen LogP contribution in [0.5, 0.6) is 0 Å². The van der Waals surface area contributed by atoms with Crippen LogP contribution >= 0.6 is 11.3 Å². The largest absolute Gasteiger partial charge is 0.339 e. The van der Waals surface area contributed by atoms with Crippen LogP contribution in [0.4, 0.5) is 5.69 Å². The second-order valence-corrected chi connectivity index (χ2v) is 8.88. The Hall–Kier alpha value is -3.42. The lowest BCUT2D eigenvalue weighted by Gasteiger charge is -2.10. The molecule has 0 aliphatic rings. The van der Waals surface area contributed by atoms with E-state index in [1.54, 1.807) is 41.3 Å². The predicted molar refractivity (Wildman–Crippen MR) is 111 cm³/mol. The standard InChI is InChI=1S/C19H17N5O3S2/c1-13-14(10-15(11-20)24(13)2)12-21-22-19(25)16-6-3-4-7-17(16)23-29(26,27)18-8-5-9-28-18/h3-10,12,23H,1-2H3,(H,22,25)/b21-12+. The molecule has 29 heavy (non-hydrogen) atoms. The molecule has 2 aromatic heterocycles. The number of hydrogen-bond donors (Lipinski definition) is 2. The highest BCUT2D eigenvalue weighted by Gasteiger charge is 2.19. The van der Waals surface area contributed by atoms with E-state index in [0.717, 1.165) is 17.0 Å². The molecule has 0 spiro atoms. The van der Waals surface area contributed by atoms with E-state index < -0.39 is 15.9 Å². The van der Waals surface area contributed by atoms with Gasteiger partial charge in [-0.15, -0.1) is 11.3 Å². The number of hydrogen-bond acceptors (Lipinski definition) is 6. The molecule has 8 nitrogen and oxygen atoms in total. The Kier molecular flexibility index (Phi) is 5.81. The van der Waals surface area contributed by atoms with Crippen molar-refractivity contribution in [1.29, 1.82) is 5.26 Å². The Labute approximate surface area is 172 Å². The third kappa shape index (κ3) is 4.37. The van der Waals surface area contributed by atoms with E-state index in [1.165, 1.54) is 24.4 Å². The van der Waals surface area contributed by atoms with E-state index in [2.05, 4.69) is 21.3 Å². The minimum atomic E-state index is -3.78. The van der Waals surface area contributed by atoms with Crippen LogP contribution in [0.15, 0.2) is 57.2 Å². The van der Waals surface area contributed by atoms with Crippen LogP contribution in [0.3, 0.4) is 0 Å². The fourth-order valence-corrected chi connectivity index (χ4v) is 4.64. The molecule has 148 valence electrons. The number of carbonyl (C=O) groups is 1. The van der Waals surface area contributed by atoms with Gasteiger partial charge in [0.25, 0.3) is 15.9 Å². The van der Waals surface area contributed by atoms with Crippen LogP contribution in [-0.4, -0.2) is 25.1 Å². The fraction of sp³-hybridized carbons (Fsp3) is 0.105. The molecular formula is C19H17N5O3S2. The number of nitriles is 1. The highest BCUT2D eigenvalue weighted by molar-refractivity contribution is 7.94. The van der Waals surface area contributed by atoms with Crippen molar-refractivity contribution in [2.24, 2.45) is 12.1 Å². The van der Waals surface area contributed by atoms with Crippen molar-refractivity contribution >= 4 is 39.2 Å². The lowest BCUT2D eigenvalue weighted by molar-refractivity contribution is 0.0956. The molecule has 0 atom stereocenters. The van der Waals surface area contributed by atoms with Gasteiger partial charge in [0.05, 0.1) is 17.5 Å². The summed E-state index contributed by atoms with van der Waals surface area (Å²) in [5, 5.41) is 14.7. The number of carbonyl (C=O) groups excluding carboxylic acids is 1. The van der Waals surface area contributed by atoms with Gasteiger partial charge in [-0.1, -0.05) is 18.2 Å². The molecule has 0 aliphatic heterocycles. The van der Waals surface area contributed by atoms with Gasteiger partial charge in [-0.05, 0) is 36.6 Å². The normalized spacial score (nSPS) is 11.3. The topological polar surface area (TPSA) is 116 Å². The first-order chi connectivity index (χ1) is 13.8. The second kappa shape index (κ2) is 8.30. The van der Waals surface area contributed by atoms with E-state index >= 15 is 0 Å². The van der Waals surface area contributed by atoms with E-state index in [0.29, 0.717) is 11.3 Å². The molecule has 2 N–H and O–H groups in total. The number of hydrazone groups is 1.